The molecule has 216 valence electrons. The van der Waals surface area contributed by atoms with Crippen molar-refractivity contribution >= 4 is 5.91 Å². The van der Waals surface area contributed by atoms with Crippen LogP contribution >= 0.6 is 0 Å². The van der Waals surface area contributed by atoms with Gasteiger partial charge in [0.25, 0.3) is 5.92 Å². The van der Waals surface area contributed by atoms with Crippen molar-refractivity contribution < 1.29 is 40.3 Å². The molecule has 0 bridgehead atoms. The van der Waals surface area contributed by atoms with E-state index in [9.17, 15) is 40.8 Å². The fourth-order valence-electron chi connectivity index (χ4n) is 5.23. The highest BCUT2D eigenvalue weighted by atomic mass is 19.4. The number of carbonyl (C=O) groups is 1. The summed E-state index contributed by atoms with van der Waals surface area (Å²) >= 11 is 0. The highest BCUT2D eigenvalue weighted by molar-refractivity contribution is 5.83. The largest absolute Gasteiger partial charge is 0.494 e. The van der Waals surface area contributed by atoms with E-state index < -0.39 is 70.6 Å². The molecule has 1 saturated carbocycles. The Morgan fingerprint density at radius 3 is 2.32 bits per heavy atom. The molecule has 41 heavy (non-hydrogen) atoms. The summed E-state index contributed by atoms with van der Waals surface area (Å²) in [4.78, 5) is 13.8. The number of methoxy groups -OCH3 is 1. The van der Waals surface area contributed by atoms with Gasteiger partial charge in [0.1, 0.15) is 11.4 Å². The second-order valence-corrected chi connectivity index (χ2v) is 10.1. The van der Waals surface area contributed by atoms with E-state index in [4.69, 9.17) is 10.5 Å². The van der Waals surface area contributed by atoms with E-state index in [1.54, 1.807) is 36.4 Å². The molecule has 0 aromatic heterocycles. The second kappa shape index (κ2) is 10.7. The Labute approximate surface area is 230 Å². The van der Waals surface area contributed by atoms with Crippen LogP contribution in [0, 0.1) is 28.9 Å². The highest BCUT2D eigenvalue weighted by Gasteiger charge is 2.58. The summed E-state index contributed by atoms with van der Waals surface area (Å²) in [6.07, 6.45) is -7.56. The minimum atomic E-state index is -5.00. The quantitative estimate of drug-likeness (QED) is 0.344. The number of amides is 1. The van der Waals surface area contributed by atoms with Gasteiger partial charge in [0.05, 0.1) is 30.2 Å². The van der Waals surface area contributed by atoms with Crippen LogP contribution in [0.3, 0.4) is 0 Å². The molecule has 0 saturated heterocycles. The van der Waals surface area contributed by atoms with Gasteiger partial charge in [-0.25, -0.2) is 17.6 Å². The summed E-state index contributed by atoms with van der Waals surface area (Å²) in [5.41, 5.74) is 0.107. The molecular weight excluding hydrogens is 555 g/mol. The number of nitrogens with one attached hydrogen (secondary N) is 1. The van der Waals surface area contributed by atoms with Gasteiger partial charge in [0.15, 0.2) is 11.6 Å². The number of nitrogens with zero attached hydrogens (tertiary/aromatic N) is 1. The Hall–Kier alpha value is -4.11. The normalized spacial score (nSPS) is 21.5. The van der Waals surface area contributed by atoms with E-state index in [2.05, 4.69) is 5.32 Å². The van der Waals surface area contributed by atoms with Crippen LogP contribution in [0.2, 0.25) is 0 Å². The summed E-state index contributed by atoms with van der Waals surface area (Å²) < 4.78 is 105. The van der Waals surface area contributed by atoms with Crippen LogP contribution in [0.1, 0.15) is 35.1 Å². The third-order valence-corrected chi connectivity index (χ3v) is 7.21. The molecule has 3 aromatic carbocycles. The molecular formula is C29H24F7N3O2. The van der Waals surface area contributed by atoms with Crippen molar-refractivity contribution in [3.8, 4) is 11.8 Å². The van der Waals surface area contributed by atoms with Crippen molar-refractivity contribution in [3.63, 3.8) is 0 Å². The topological polar surface area (TPSA) is 88.1 Å². The third-order valence-electron chi connectivity index (χ3n) is 7.21. The van der Waals surface area contributed by atoms with Crippen LogP contribution in [0.25, 0.3) is 0 Å². The van der Waals surface area contributed by atoms with Gasteiger partial charge in [-0.15, -0.1) is 0 Å². The molecule has 1 unspecified atom stereocenters. The van der Waals surface area contributed by atoms with Crippen LogP contribution in [-0.4, -0.2) is 24.5 Å². The maximum absolute atomic E-state index is 14.8. The number of nitriles is 1. The van der Waals surface area contributed by atoms with Crippen LogP contribution in [0.15, 0.2) is 66.7 Å². The minimum Gasteiger partial charge on any atom is -0.494 e. The number of benzene rings is 3. The molecule has 1 fully saturated rings. The standard InChI is InChI=1S/C29H24F7N3O2/c1-41-24-12-18(7-8-23(24)31)28(13-17-5-3-2-4-6-17,19-9-20(29(34,35)36)11-21(30)10-19)39-25(40)22-14-27(32,33)15-26(22,38)16-37/h2-12,22H,13-15,38H2,1H3,(H,39,40)/t22?,26-,28+/m0/s1. The SMILES string of the molecule is COc1cc([C@@](Cc2ccccc2)(NC(=O)C2CC(F)(F)C[C@]2(N)C#N)c2cc(F)cc(C(F)(F)F)c2)ccc1F. The highest BCUT2D eigenvalue weighted by Crippen LogP contribution is 2.46. The zero-order chi connectivity index (χ0) is 30.2. The summed E-state index contributed by atoms with van der Waals surface area (Å²) in [5, 5.41) is 12.1. The molecule has 3 N–H and O–H groups in total. The molecule has 0 heterocycles. The minimum absolute atomic E-state index is 0.0454. The van der Waals surface area contributed by atoms with Gasteiger partial charge >= 0.3 is 6.18 Å². The third kappa shape index (κ3) is 6.00. The number of hydrogen-bond acceptors (Lipinski definition) is 4. The first kappa shape index (κ1) is 29.9. The lowest BCUT2D eigenvalue weighted by molar-refractivity contribution is -0.137. The first-order valence-electron chi connectivity index (χ1n) is 12.3. The molecule has 0 radical (unpaired) electrons. The molecule has 1 amide bonds. The number of ether oxygens (including phenoxy) is 1. The van der Waals surface area contributed by atoms with Gasteiger partial charge in [-0.1, -0.05) is 36.4 Å². The Morgan fingerprint density at radius 2 is 1.71 bits per heavy atom. The number of carbonyl (C=O) groups excluding carboxylic acids is 1. The second-order valence-electron chi connectivity index (χ2n) is 10.1. The van der Waals surface area contributed by atoms with E-state index >= 15 is 0 Å². The fraction of sp³-hybridized carbons (Fsp3) is 0.310. The number of hydrogen-bond donors (Lipinski definition) is 2. The maximum atomic E-state index is 14.8. The molecule has 3 aromatic rings. The Kier molecular flexibility index (Phi) is 7.80. The summed E-state index contributed by atoms with van der Waals surface area (Å²) in [7, 11) is 1.14. The smallest absolute Gasteiger partial charge is 0.416 e. The molecule has 3 atom stereocenters. The van der Waals surface area contributed by atoms with Crippen molar-refractivity contribution in [2.75, 3.05) is 7.11 Å². The zero-order valence-corrected chi connectivity index (χ0v) is 21.5. The molecule has 4 rings (SSSR count). The fourth-order valence-corrected chi connectivity index (χ4v) is 5.23. The van der Waals surface area contributed by atoms with E-state index in [1.807, 2.05) is 0 Å². The lowest BCUT2D eigenvalue weighted by atomic mass is 9.76. The Bertz CT molecular complexity index is 1490. The van der Waals surface area contributed by atoms with Crippen LogP contribution in [0.4, 0.5) is 30.7 Å². The predicted octanol–water partition coefficient (Wildman–Crippen LogP) is 5.86. The van der Waals surface area contributed by atoms with Crippen molar-refractivity contribution in [3.05, 3.63) is 101 Å². The van der Waals surface area contributed by atoms with Gasteiger partial charge in [0, 0.05) is 19.3 Å². The van der Waals surface area contributed by atoms with Gasteiger partial charge in [-0.2, -0.15) is 18.4 Å². The molecule has 0 spiro atoms. The van der Waals surface area contributed by atoms with Gasteiger partial charge in [0.2, 0.25) is 5.91 Å². The molecule has 5 nitrogen and oxygen atoms in total. The maximum Gasteiger partial charge on any atom is 0.416 e. The van der Waals surface area contributed by atoms with Gasteiger partial charge in [-0.05, 0) is 47.0 Å². The van der Waals surface area contributed by atoms with Crippen molar-refractivity contribution in [1.82, 2.24) is 5.32 Å². The first-order chi connectivity index (χ1) is 19.1. The average Bonchev–Trinajstić information content (AvgIpc) is 3.17. The summed E-state index contributed by atoms with van der Waals surface area (Å²) in [6, 6.07) is 14.5. The lowest BCUT2D eigenvalue weighted by Gasteiger charge is -2.38. The molecule has 12 heteroatoms. The molecule has 1 aliphatic rings. The van der Waals surface area contributed by atoms with Crippen LogP contribution in [-0.2, 0) is 22.9 Å². The lowest BCUT2D eigenvalue weighted by Crippen LogP contribution is -2.55. The Balaban J connectivity index is 2.01. The Morgan fingerprint density at radius 1 is 1.05 bits per heavy atom. The number of alkyl halides is 5. The molecule has 1 aliphatic carbocycles. The van der Waals surface area contributed by atoms with Gasteiger partial charge in [-0.3, -0.25) is 4.79 Å². The van der Waals surface area contributed by atoms with Gasteiger partial charge < -0.3 is 15.8 Å². The predicted molar refractivity (Wildman–Crippen MR) is 134 cm³/mol. The van der Waals surface area contributed by atoms with E-state index in [1.165, 1.54) is 0 Å². The first-order valence-corrected chi connectivity index (χ1v) is 12.3. The van der Waals surface area contributed by atoms with E-state index in [0.29, 0.717) is 11.6 Å². The summed E-state index contributed by atoms with van der Waals surface area (Å²) in [6.45, 7) is 0. The van der Waals surface area contributed by atoms with Crippen molar-refractivity contribution in [2.45, 2.75) is 42.4 Å². The zero-order valence-electron chi connectivity index (χ0n) is 21.5. The average molecular weight is 580 g/mol. The van der Waals surface area contributed by atoms with E-state index in [-0.39, 0.29) is 23.8 Å². The van der Waals surface area contributed by atoms with E-state index in [0.717, 1.165) is 31.4 Å². The van der Waals surface area contributed by atoms with Crippen LogP contribution in [0.5, 0.6) is 5.75 Å². The summed E-state index contributed by atoms with van der Waals surface area (Å²) in [5.74, 6) is -8.92. The monoisotopic (exact) mass is 579 g/mol. The number of halogens is 7. The van der Waals surface area contributed by atoms with Crippen LogP contribution < -0.4 is 15.8 Å². The van der Waals surface area contributed by atoms with Crippen molar-refractivity contribution in [1.29, 1.82) is 5.26 Å². The number of nitrogens with two attached hydrogens (primary N) is 1. The van der Waals surface area contributed by atoms with Crippen molar-refractivity contribution in [2.24, 2.45) is 11.7 Å². The molecule has 0 aliphatic heterocycles. The number of rotatable bonds is 7.